The number of hydrogen-bond donors (Lipinski definition) is 0. The van der Waals surface area contributed by atoms with E-state index < -0.39 is 0 Å². The van der Waals surface area contributed by atoms with E-state index >= 15 is 0 Å². The molecule has 6 heteroatoms. The van der Waals surface area contributed by atoms with Gasteiger partial charge in [0, 0.05) is 56.8 Å². The predicted octanol–water partition coefficient (Wildman–Crippen LogP) is 3.42. The van der Waals surface area contributed by atoms with Gasteiger partial charge in [-0.05, 0) is 55.2 Å². The Morgan fingerprint density at radius 1 is 1.00 bits per heavy atom. The molecule has 3 heterocycles. The molecule has 5 nitrogen and oxygen atoms in total. The summed E-state index contributed by atoms with van der Waals surface area (Å²) in [5.74, 6) is 0.387. The summed E-state index contributed by atoms with van der Waals surface area (Å²) in [6, 6.07) is 10.6. The summed E-state index contributed by atoms with van der Waals surface area (Å²) in [5, 5.41) is 0. The van der Waals surface area contributed by atoms with E-state index in [1.54, 1.807) is 6.20 Å². The van der Waals surface area contributed by atoms with Crippen LogP contribution < -0.4 is 9.80 Å². The third-order valence-electron chi connectivity index (χ3n) is 5.74. The van der Waals surface area contributed by atoms with Gasteiger partial charge in [0.05, 0.1) is 0 Å². The van der Waals surface area contributed by atoms with E-state index in [2.05, 4.69) is 21.7 Å². The Morgan fingerprint density at radius 3 is 2.36 bits per heavy atom. The van der Waals surface area contributed by atoms with Gasteiger partial charge in [-0.15, -0.1) is 0 Å². The van der Waals surface area contributed by atoms with Gasteiger partial charge >= 0.3 is 0 Å². The van der Waals surface area contributed by atoms with E-state index in [4.69, 9.17) is 0 Å². The lowest BCUT2D eigenvalue weighted by atomic mass is 10.00. The summed E-state index contributed by atoms with van der Waals surface area (Å²) < 4.78 is 13.1. The van der Waals surface area contributed by atoms with Gasteiger partial charge in [-0.3, -0.25) is 9.78 Å². The van der Waals surface area contributed by atoms with Crippen molar-refractivity contribution < 1.29 is 9.18 Å². The van der Waals surface area contributed by atoms with Gasteiger partial charge in [-0.1, -0.05) is 6.92 Å². The maximum Gasteiger partial charge on any atom is 0.272 e. The molecule has 1 aromatic carbocycles. The summed E-state index contributed by atoms with van der Waals surface area (Å²) in [4.78, 5) is 23.7. The first-order valence-corrected chi connectivity index (χ1v) is 10.1. The van der Waals surface area contributed by atoms with Crippen LogP contribution in [0.15, 0.2) is 42.6 Å². The number of nitrogens with zero attached hydrogens (tertiary/aromatic N) is 4. The molecule has 2 aliphatic rings. The number of amides is 1. The number of pyridine rings is 1. The second-order valence-corrected chi connectivity index (χ2v) is 7.85. The number of likely N-dealkylation sites (tertiary alicyclic amines) is 1. The smallest absolute Gasteiger partial charge is 0.272 e. The molecule has 148 valence electrons. The highest BCUT2D eigenvalue weighted by molar-refractivity contribution is 5.93. The van der Waals surface area contributed by atoms with Crippen molar-refractivity contribution in [2.45, 2.75) is 19.8 Å². The molecule has 0 spiro atoms. The second-order valence-electron chi connectivity index (χ2n) is 7.85. The summed E-state index contributed by atoms with van der Waals surface area (Å²) in [5.41, 5.74) is 2.63. The van der Waals surface area contributed by atoms with Crippen LogP contribution in [0.2, 0.25) is 0 Å². The van der Waals surface area contributed by atoms with Crippen LogP contribution in [0.4, 0.5) is 15.8 Å². The van der Waals surface area contributed by atoms with Gasteiger partial charge in [0.25, 0.3) is 5.91 Å². The fraction of sp³-hybridized carbons (Fsp3) is 0.455. The number of benzene rings is 1. The minimum Gasteiger partial charge on any atom is -0.368 e. The molecule has 1 unspecified atom stereocenters. The quantitative estimate of drug-likeness (QED) is 0.816. The molecule has 4 rings (SSSR count). The molecule has 0 N–H and O–H groups in total. The van der Waals surface area contributed by atoms with Crippen LogP contribution in [0.3, 0.4) is 0 Å². The largest absolute Gasteiger partial charge is 0.368 e. The molecule has 0 aliphatic carbocycles. The highest BCUT2D eigenvalue weighted by atomic mass is 19.1. The summed E-state index contributed by atoms with van der Waals surface area (Å²) in [7, 11) is 0. The van der Waals surface area contributed by atoms with Crippen molar-refractivity contribution in [1.29, 1.82) is 0 Å². The van der Waals surface area contributed by atoms with Crippen molar-refractivity contribution in [2.24, 2.45) is 5.92 Å². The molecule has 2 aliphatic heterocycles. The fourth-order valence-electron chi connectivity index (χ4n) is 4.14. The lowest BCUT2D eigenvalue weighted by molar-refractivity contribution is 0.0677. The first-order chi connectivity index (χ1) is 13.6. The van der Waals surface area contributed by atoms with Crippen LogP contribution in [0.5, 0.6) is 0 Å². The zero-order valence-electron chi connectivity index (χ0n) is 16.4. The summed E-state index contributed by atoms with van der Waals surface area (Å²) in [6.45, 7) is 7.28. The number of piperazine rings is 1. The fourth-order valence-corrected chi connectivity index (χ4v) is 4.14. The van der Waals surface area contributed by atoms with Gasteiger partial charge in [0.1, 0.15) is 11.5 Å². The summed E-state index contributed by atoms with van der Waals surface area (Å²) >= 11 is 0. The molecule has 0 bridgehead atoms. The Bertz CT molecular complexity index is 818. The molecule has 0 radical (unpaired) electrons. The van der Waals surface area contributed by atoms with E-state index in [1.807, 2.05) is 29.2 Å². The van der Waals surface area contributed by atoms with E-state index in [-0.39, 0.29) is 11.7 Å². The van der Waals surface area contributed by atoms with Crippen molar-refractivity contribution in [3.63, 3.8) is 0 Å². The standard InChI is InChI=1S/C22H27FN4O/c1-17-3-2-10-27(16-17)22(28)21-15-20(8-9-24-21)26-13-11-25(12-14-26)19-6-4-18(23)5-7-19/h4-9,15,17H,2-3,10-14,16H2,1H3. The Kier molecular flexibility index (Phi) is 5.46. The minimum atomic E-state index is -0.209. The predicted molar refractivity (Wildman–Crippen MR) is 109 cm³/mol. The Labute approximate surface area is 165 Å². The summed E-state index contributed by atoms with van der Waals surface area (Å²) in [6.07, 6.45) is 4.00. The third kappa shape index (κ3) is 4.11. The van der Waals surface area contributed by atoms with Crippen LogP contribution in [-0.4, -0.2) is 55.1 Å². The molecule has 0 saturated carbocycles. The molecular formula is C22H27FN4O. The number of piperidine rings is 1. The van der Waals surface area contributed by atoms with Gasteiger partial charge in [0.15, 0.2) is 0 Å². The molecule has 2 aromatic rings. The first kappa shape index (κ1) is 18.7. The van der Waals surface area contributed by atoms with Crippen molar-refractivity contribution in [1.82, 2.24) is 9.88 Å². The van der Waals surface area contributed by atoms with Crippen LogP contribution in [-0.2, 0) is 0 Å². The highest BCUT2D eigenvalue weighted by Crippen LogP contribution is 2.23. The van der Waals surface area contributed by atoms with Gasteiger partial charge in [-0.2, -0.15) is 0 Å². The van der Waals surface area contributed by atoms with E-state index in [0.29, 0.717) is 11.6 Å². The van der Waals surface area contributed by atoms with E-state index in [9.17, 15) is 9.18 Å². The number of halogens is 1. The van der Waals surface area contributed by atoms with Crippen LogP contribution >= 0.6 is 0 Å². The number of rotatable bonds is 3. The number of hydrogen-bond acceptors (Lipinski definition) is 4. The second kappa shape index (κ2) is 8.17. The van der Waals surface area contributed by atoms with Crippen molar-refractivity contribution in [2.75, 3.05) is 49.1 Å². The average Bonchev–Trinajstić information content (AvgIpc) is 2.74. The minimum absolute atomic E-state index is 0.0401. The average molecular weight is 382 g/mol. The number of anilines is 2. The monoisotopic (exact) mass is 382 g/mol. The lowest BCUT2D eigenvalue weighted by Crippen LogP contribution is -2.46. The number of carbonyl (C=O) groups is 1. The number of carbonyl (C=O) groups excluding carboxylic acids is 1. The SMILES string of the molecule is CC1CCCN(C(=O)c2cc(N3CCN(c4ccc(F)cc4)CC3)ccn2)C1. The van der Waals surface area contributed by atoms with Crippen LogP contribution in [0.1, 0.15) is 30.3 Å². The maximum absolute atomic E-state index is 13.1. The Morgan fingerprint density at radius 2 is 1.68 bits per heavy atom. The lowest BCUT2D eigenvalue weighted by Gasteiger charge is -2.37. The maximum atomic E-state index is 13.1. The van der Waals surface area contributed by atoms with Gasteiger partial charge in [0.2, 0.25) is 0 Å². The number of aromatic nitrogens is 1. The van der Waals surface area contributed by atoms with Crippen molar-refractivity contribution in [3.05, 3.63) is 54.1 Å². The van der Waals surface area contributed by atoms with E-state index in [1.165, 1.54) is 18.6 Å². The Hall–Kier alpha value is -2.63. The molecule has 28 heavy (non-hydrogen) atoms. The molecule has 1 atom stereocenters. The highest BCUT2D eigenvalue weighted by Gasteiger charge is 2.24. The molecule has 2 saturated heterocycles. The molecule has 1 amide bonds. The third-order valence-corrected chi connectivity index (χ3v) is 5.74. The Balaban J connectivity index is 1.41. The van der Waals surface area contributed by atoms with Crippen LogP contribution in [0.25, 0.3) is 0 Å². The van der Waals surface area contributed by atoms with E-state index in [0.717, 1.165) is 57.1 Å². The molecular weight excluding hydrogens is 355 g/mol. The van der Waals surface area contributed by atoms with Crippen LogP contribution in [0, 0.1) is 11.7 Å². The van der Waals surface area contributed by atoms with Gasteiger partial charge in [-0.25, -0.2) is 4.39 Å². The topological polar surface area (TPSA) is 39.7 Å². The van der Waals surface area contributed by atoms with Gasteiger partial charge < -0.3 is 14.7 Å². The first-order valence-electron chi connectivity index (χ1n) is 10.1. The molecule has 1 aromatic heterocycles. The molecule has 2 fully saturated rings. The zero-order valence-corrected chi connectivity index (χ0v) is 16.4. The van der Waals surface area contributed by atoms with Crippen molar-refractivity contribution in [3.8, 4) is 0 Å². The normalized spacial score (nSPS) is 20.4. The zero-order chi connectivity index (χ0) is 19.5. The van der Waals surface area contributed by atoms with Crippen molar-refractivity contribution >= 4 is 17.3 Å².